The first kappa shape index (κ1) is 14.0. The van der Waals surface area contributed by atoms with Crippen molar-refractivity contribution in [2.24, 2.45) is 0 Å². The summed E-state index contributed by atoms with van der Waals surface area (Å²) in [6.07, 6.45) is 1.68. The first-order valence-corrected chi connectivity index (χ1v) is 7.17. The van der Waals surface area contributed by atoms with Crippen LogP contribution < -0.4 is 0 Å². The van der Waals surface area contributed by atoms with Gasteiger partial charge in [0.2, 0.25) is 0 Å². The summed E-state index contributed by atoms with van der Waals surface area (Å²) in [7, 11) is 2.08. The van der Waals surface area contributed by atoms with E-state index in [9.17, 15) is 5.11 Å². The predicted octanol–water partition coefficient (Wildman–Crippen LogP) is 2.59. The molecule has 1 unspecified atom stereocenters. The van der Waals surface area contributed by atoms with Crippen molar-refractivity contribution < 1.29 is 9.84 Å². The second kappa shape index (κ2) is 6.66. The highest BCUT2D eigenvalue weighted by molar-refractivity contribution is 9.10. The van der Waals surface area contributed by atoms with E-state index in [1.807, 2.05) is 24.3 Å². The lowest BCUT2D eigenvalue weighted by molar-refractivity contribution is 0.0253. The zero-order valence-corrected chi connectivity index (χ0v) is 12.3. The fourth-order valence-corrected chi connectivity index (χ4v) is 2.78. The molecule has 18 heavy (non-hydrogen) atoms. The Bertz CT molecular complexity index is 380. The molecule has 0 aliphatic carbocycles. The quantitative estimate of drug-likeness (QED) is 0.927. The summed E-state index contributed by atoms with van der Waals surface area (Å²) < 4.78 is 6.37. The van der Waals surface area contributed by atoms with Crippen LogP contribution in [-0.2, 0) is 4.74 Å². The maximum Gasteiger partial charge on any atom is 0.0917 e. The van der Waals surface area contributed by atoms with Gasteiger partial charge in [0, 0.05) is 30.3 Å². The second-order valence-electron chi connectivity index (χ2n) is 4.85. The molecule has 1 aliphatic rings. The molecule has 0 radical (unpaired) electrons. The summed E-state index contributed by atoms with van der Waals surface area (Å²) in [5, 5.41) is 10.3. The predicted molar refractivity (Wildman–Crippen MR) is 75.6 cm³/mol. The van der Waals surface area contributed by atoms with E-state index in [2.05, 4.69) is 27.9 Å². The third kappa shape index (κ3) is 3.79. The van der Waals surface area contributed by atoms with Gasteiger partial charge in [-0.3, -0.25) is 0 Å². The SMILES string of the molecule is CN(CC(O)c1cccc(Br)c1)C1CCOCC1. The van der Waals surface area contributed by atoms with Crippen LogP contribution in [0, 0.1) is 0 Å². The van der Waals surface area contributed by atoms with E-state index in [1.54, 1.807) is 0 Å². The van der Waals surface area contributed by atoms with E-state index in [4.69, 9.17) is 4.74 Å². The van der Waals surface area contributed by atoms with E-state index < -0.39 is 6.10 Å². The number of rotatable bonds is 4. The number of ether oxygens (including phenoxy) is 1. The minimum Gasteiger partial charge on any atom is -0.387 e. The number of hydrogen-bond donors (Lipinski definition) is 1. The molecule has 1 atom stereocenters. The minimum absolute atomic E-state index is 0.435. The van der Waals surface area contributed by atoms with Crippen molar-refractivity contribution >= 4 is 15.9 Å². The standard InChI is InChI=1S/C14H20BrNO2/c1-16(13-5-7-18-8-6-13)10-14(17)11-3-2-4-12(15)9-11/h2-4,9,13-14,17H,5-8,10H2,1H3. The van der Waals surface area contributed by atoms with Crippen LogP contribution >= 0.6 is 15.9 Å². The smallest absolute Gasteiger partial charge is 0.0917 e. The average Bonchev–Trinajstić information content (AvgIpc) is 2.39. The maximum atomic E-state index is 10.3. The topological polar surface area (TPSA) is 32.7 Å². The largest absolute Gasteiger partial charge is 0.387 e. The molecule has 0 saturated carbocycles. The van der Waals surface area contributed by atoms with Gasteiger partial charge >= 0.3 is 0 Å². The molecule has 1 heterocycles. The van der Waals surface area contributed by atoms with E-state index in [0.29, 0.717) is 12.6 Å². The van der Waals surface area contributed by atoms with E-state index in [0.717, 1.165) is 36.1 Å². The van der Waals surface area contributed by atoms with Gasteiger partial charge < -0.3 is 14.7 Å². The molecule has 1 fully saturated rings. The Morgan fingerprint density at radius 3 is 2.83 bits per heavy atom. The van der Waals surface area contributed by atoms with Crippen molar-refractivity contribution in [3.05, 3.63) is 34.3 Å². The number of halogens is 1. The van der Waals surface area contributed by atoms with Gasteiger partial charge in [-0.1, -0.05) is 28.1 Å². The summed E-state index contributed by atoms with van der Waals surface area (Å²) in [4.78, 5) is 2.24. The first-order valence-electron chi connectivity index (χ1n) is 6.38. The van der Waals surface area contributed by atoms with E-state index >= 15 is 0 Å². The monoisotopic (exact) mass is 313 g/mol. The van der Waals surface area contributed by atoms with Crippen molar-refractivity contribution in [1.82, 2.24) is 4.90 Å². The van der Waals surface area contributed by atoms with Gasteiger partial charge in [-0.25, -0.2) is 0 Å². The maximum absolute atomic E-state index is 10.3. The molecule has 1 aromatic rings. The van der Waals surface area contributed by atoms with Crippen LogP contribution in [0.1, 0.15) is 24.5 Å². The molecular formula is C14H20BrNO2. The zero-order valence-electron chi connectivity index (χ0n) is 10.7. The Balaban J connectivity index is 1.91. The minimum atomic E-state index is -0.435. The van der Waals surface area contributed by atoms with Crippen LogP contribution in [-0.4, -0.2) is 42.9 Å². The van der Waals surface area contributed by atoms with Crippen molar-refractivity contribution in [2.75, 3.05) is 26.8 Å². The molecule has 1 aliphatic heterocycles. The Morgan fingerprint density at radius 2 is 2.17 bits per heavy atom. The lowest BCUT2D eigenvalue weighted by Crippen LogP contribution is -2.38. The third-order valence-electron chi connectivity index (χ3n) is 3.51. The van der Waals surface area contributed by atoms with Crippen molar-refractivity contribution in [2.45, 2.75) is 25.0 Å². The fraction of sp³-hybridized carbons (Fsp3) is 0.571. The number of hydrogen-bond acceptors (Lipinski definition) is 3. The van der Waals surface area contributed by atoms with E-state index in [-0.39, 0.29) is 0 Å². The van der Waals surface area contributed by atoms with Crippen LogP contribution in [0.2, 0.25) is 0 Å². The summed E-state index contributed by atoms with van der Waals surface area (Å²) in [5.74, 6) is 0. The van der Waals surface area contributed by atoms with Crippen LogP contribution in [0.15, 0.2) is 28.7 Å². The lowest BCUT2D eigenvalue weighted by atomic mass is 10.1. The number of aliphatic hydroxyl groups excluding tert-OH is 1. The van der Waals surface area contributed by atoms with Gasteiger partial charge in [-0.15, -0.1) is 0 Å². The normalized spacial score (nSPS) is 19.1. The van der Waals surface area contributed by atoms with Crippen LogP contribution in [0.3, 0.4) is 0 Å². The highest BCUT2D eigenvalue weighted by Crippen LogP contribution is 2.21. The number of aliphatic hydroxyl groups is 1. The molecule has 0 aromatic heterocycles. The fourth-order valence-electron chi connectivity index (χ4n) is 2.37. The third-order valence-corrected chi connectivity index (χ3v) is 4.00. The molecule has 3 nitrogen and oxygen atoms in total. The molecule has 1 aromatic carbocycles. The van der Waals surface area contributed by atoms with Crippen LogP contribution in [0.25, 0.3) is 0 Å². The Morgan fingerprint density at radius 1 is 1.44 bits per heavy atom. The molecule has 1 saturated heterocycles. The molecule has 4 heteroatoms. The molecule has 2 rings (SSSR count). The van der Waals surface area contributed by atoms with Crippen molar-refractivity contribution in [3.63, 3.8) is 0 Å². The van der Waals surface area contributed by atoms with Crippen LogP contribution in [0.4, 0.5) is 0 Å². The van der Waals surface area contributed by atoms with Crippen LogP contribution in [0.5, 0.6) is 0 Å². The number of benzene rings is 1. The molecule has 100 valence electrons. The van der Waals surface area contributed by atoms with Crippen molar-refractivity contribution in [3.8, 4) is 0 Å². The molecule has 0 amide bonds. The highest BCUT2D eigenvalue weighted by Gasteiger charge is 2.21. The summed E-state index contributed by atoms with van der Waals surface area (Å²) in [6.45, 7) is 2.34. The molecule has 1 N–H and O–H groups in total. The molecular weight excluding hydrogens is 294 g/mol. The first-order chi connectivity index (χ1) is 8.66. The Kier molecular flexibility index (Phi) is 5.18. The Labute approximate surface area is 117 Å². The zero-order chi connectivity index (χ0) is 13.0. The van der Waals surface area contributed by atoms with E-state index in [1.165, 1.54) is 0 Å². The molecule has 0 spiro atoms. The Hall–Kier alpha value is -0.420. The lowest BCUT2D eigenvalue weighted by Gasteiger charge is -2.32. The highest BCUT2D eigenvalue weighted by atomic mass is 79.9. The summed E-state index contributed by atoms with van der Waals surface area (Å²) in [6, 6.07) is 8.39. The average molecular weight is 314 g/mol. The van der Waals surface area contributed by atoms with Gasteiger partial charge in [-0.2, -0.15) is 0 Å². The van der Waals surface area contributed by atoms with Gasteiger partial charge in [0.15, 0.2) is 0 Å². The molecule has 0 bridgehead atoms. The second-order valence-corrected chi connectivity index (χ2v) is 5.77. The number of nitrogens with zero attached hydrogens (tertiary/aromatic N) is 1. The summed E-state index contributed by atoms with van der Waals surface area (Å²) in [5.41, 5.74) is 0.961. The van der Waals surface area contributed by atoms with Gasteiger partial charge in [0.1, 0.15) is 0 Å². The van der Waals surface area contributed by atoms with Gasteiger partial charge in [-0.05, 0) is 37.6 Å². The number of likely N-dealkylation sites (N-methyl/N-ethyl adjacent to an activating group) is 1. The van der Waals surface area contributed by atoms with Gasteiger partial charge in [0.05, 0.1) is 6.10 Å². The van der Waals surface area contributed by atoms with Crippen molar-refractivity contribution in [1.29, 1.82) is 0 Å². The van der Waals surface area contributed by atoms with Gasteiger partial charge in [0.25, 0.3) is 0 Å². The summed E-state index contributed by atoms with van der Waals surface area (Å²) >= 11 is 3.43.